The monoisotopic (exact) mass is 385 g/mol. The molecule has 2 atom stereocenters. The van der Waals surface area contributed by atoms with Gasteiger partial charge < -0.3 is 19.7 Å². The number of nitrogens with zero attached hydrogens (tertiary/aromatic N) is 4. The number of pyridine rings is 1. The molecule has 3 aliphatic rings. The van der Waals surface area contributed by atoms with Gasteiger partial charge in [0.2, 0.25) is 5.91 Å². The molecule has 0 spiro atoms. The molecule has 3 saturated heterocycles. The van der Waals surface area contributed by atoms with Crippen LogP contribution < -0.4 is 15.8 Å². The number of carbonyl (C=O) groups excluding carboxylic acids is 1. The Labute approximate surface area is 162 Å². The third-order valence-corrected chi connectivity index (χ3v) is 4.85. The molecular weight excluding hydrogens is 362 g/mol. The molecule has 0 saturated carbocycles. The number of hydrogen-bond donors (Lipinski definition) is 1. The average molecular weight is 385 g/mol. The van der Waals surface area contributed by atoms with Crippen molar-refractivity contribution in [2.45, 2.75) is 25.6 Å². The fourth-order valence-corrected chi connectivity index (χ4v) is 3.43. The molecule has 1 N–H and O–H groups in total. The van der Waals surface area contributed by atoms with E-state index >= 15 is 0 Å². The maximum absolute atomic E-state index is 12.0. The lowest BCUT2D eigenvalue weighted by Crippen LogP contribution is -2.49. The first-order valence-corrected chi connectivity index (χ1v) is 9.41. The molecule has 0 aliphatic carbocycles. The third-order valence-electron chi connectivity index (χ3n) is 4.85. The quantitative estimate of drug-likeness (QED) is 0.776. The molecule has 148 valence electrons. The Hall–Kier alpha value is -2.78. The first-order valence-electron chi connectivity index (χ1n) is 9.41. The van der Waals surface area contributed by atoms with Crippen molar-refractivity contribution in [3.05, 3.63) is 40.8 Å². The van der Waals surface area contributed by atoms with E-state index in [1.807, 2.05) is 19.1 Å². The summed E-state index contributed by atoms with van der Waals surface area (Å²) in [5.74, 6) is 0.617. The lowest BCUT2D eigenvalue weighted by atomic mass is 10.1. The normalized spacial score (nSPS) is 21.4. The van der Waals surface area contributed by atoms with Crippen molar-refractivity contribution >= 4 is 11.7 Å². The van der Waals surface area contributed by atoms with Crippen molar-refractivity contribution in [1.29, 1.82) is 0 Å². The van der Waals surface area contributed by atoms with Crippen molar-refractivity contribution in [1.82, 2.24) is 20.1 Å². The molecule has 2 bridgehead atoms. The minimum atomic E-state index is -0.319. The predicted molar refractivity (Wildman–Crippen MR) is 102 cm³/mol. The van der Waals surface area contributed by atoms with Crippen LogP contribution in [0.5, 0.6) is 0 Å². The highest BCUT2D eigenvalue weighted by Crippen LogP contribution is 2.25. The van der Waals surface area contributed by atoms with Crippen molar-refractivity contribution in [2.24, 2.45) is 0 Å². The van der Waals surface area contributed by atoms with Gasteiger partial charge in [0.05, 0.1) is 37.7 Å². The van der Waals surface area contributed by atoms with Gasteiger partial charge in [0.1, 0.15) is 12.4 Å². The molecule has 28 heavy (non-hydrogen) atoms. The Morgan fingerprint density at radius 3 is 2.93 bits per heavy atom. The van der Waals surface area contributed by atoms with E-state index in [0.29, 0.717) is 32.1 Å². The number of hydrogen-bond acceptors (Lipinski definition) is 7. The zero-order valence-electron chi connectivity index (χ0n) is 15.7. The number of anilines is 1. The van der Waals surface area contributed by atoms with Gasteiger partial charge in [-0.1, -0.05) is 0 Å². The van der Waals surface area contributed by atoms with E-state index in [9.17, 15) is 9.59 Å². The molecule has 1 amide bonds. The first-order chi connectivity index (χ1) is 13.6. The number of carbonyl (C=O) groups is 1. The van der Waals surface area contributed by atoms with Crippen LogP contribution in [-0.2, 0) is 20.8 Å². The van der Waals surface area contributed by atoms with Gasteiger partial charge in [0.25, 0.3) is 5.56 Å². The molecule has 9 nitrogen and oxygen atoms in total. The van der Waals surface area contributed by atoms with Gasteiger partial charge in [-0.2, -0.15) is 5.10 Å². The minimum absolute atomic E-state index is 0.0692. The summed E-state index contributed by atoms with van der Waals surface area (Å²) >= 11 is 0. The highest BCUT2D eigenvalue weighted by atomic mass is 16.5. The van der Waals surface area contributed by atoms with Crippen LogP contribution in [0.25, 0.3) is 11.3 Å². The topological polar surface area (TPSA) is 98.6 Å². The zero-order valence-corrected chi connectivity index (χ0v) is 15.7. The molecule has 2 aromatic rings. The number of rotatable bonds is 5. The number of morpholine rings is 1. The van der Waals surface area contributed by atoms with Crippen LogP contribution in [-0.4, -0.2) is 65.7 Å². The Balaban J connectivity index is 1.54. The van der Waals surface area contributed by atoms with Crippen LogP contribution >= 0.6 is 0 Å². The number of nitrogens with one attached hydrogen (secondary N) is 1. The summed E-state index contributed by atoms with van der Waals surface area (Å²) in [6, 6.07) is 7.08. The first kappa shape index (κ1) is 18.6. The van der Waals surface area contributed by atoms with Crippen LogP contribution in [0.15, 0.2) is 35.3 Å². The summed E-state index contributed by atoms with van der Waals surface area (Å²) in [7, 11) is 0. The molecule has 5 rings (SSSR count). The molecule has 5 heterocycles. The number of amides is 1. The second kappa shape index (κ2) is 8.07. The van der Waals surface area contributed by atoms with Crippen molar-refractivity contribution in [3.8, 4) is 11.3 Å². The number of ether oxygens (including phenoxy) is 2. The fraction of sp³-hybridized carbons (Fsp3) is 0.474. The van der Waals surface area contributed by atoms with E-state index in [4.69, 9.17) is 9.47 Å². The van der Waals surface area contributed by atoms with Crippen molar-refractivity contribution in [3.63, 3.8) is 0 Å². The molecule has 0 aromatic carbocycles. The number of aromatic nitrogens is 3. The lowest BCUT2D eigenvalue weighted by Gasteiger charge is -2.36. The number of likely N-dealkylation sites (N-methyl/N-ethyl adjacent to an activating group) is 1. The highest BCUT2D eigenvalue weighted by molar-refractivity contribution is 5.75. The van der Waals surface area contributed by atoms with Gasteiger partial charge in [0, 0.05) is 30.9 Å². The molecule has 3 fully saturated rings. The van der Waals surface area contributed by atoms with Gasteiger partial charge in [0.15, 0.2) is 0 Å². The van der Waals surface area contributed by atoms with Crippen LogP contribution in [0.1, 0.15) is 6.92 Å². The zero-order chi connectivity index (χ0) is 19.5. The summed E-state index contributed by atoms with van der Waals surface area (Å²) in [4.78, 5) is 30.6. The molecule has 0 radical (unpaired) electrons. The van der Waals surface area contributed by atoms with Gasteiger partial charge in [-0.3, -0.25) is 9.59 Å². The Bertz CT molecular complexity index is 894. The van der Waals surface area contributed by atoms with E-state index in [1.165, 1.54) is 6.07 Å². The standard InChI is InChI=1S/C19H23N5O4/c1-2-20-18(25)9-24-19(26)6-4-16(22-24)13-3-5-17(21-7-13)23-8-15-12-27-10-14(23)11-28-15/h3-7,14-15H,2,8-12H2,1H3,(H,20,25). The number of fused-ring (bicyclic) bond motifs is 4. The predicted octanol–water partition coefficient (Wildman–Crippen LogP) is 0.0454. The summed E-state index contributed by atoms with van der Waals surface area (Å²) in [6.45, 7) is 4.86. The van der Waals surface area contributed by atoms with Crippen molar-refractivity contribution < 1.29 is 14.3 Å². The molecule has 3 aliphatic heterocycles. The van der Waals surface area contributed by atoms with E-state index in [0.717, 1.165) is 22.6 Å². The molecular formula is C19H23N5O4. The summed E-state index contributed by atoms with van der Waals surface area (Å²) in [5.41, 5.74) is 1.05. The van der Waals surface area contributed by atoms with Crippen LogP contribution in [0.2, 0.25) is 0 Å². The molecule has 2 aromatic heterocycles. The van der Waals surface area contributed by atoms with Gasteiger partial charge in [-0.15, -0.1) is 0 Å². The maximum Gasteiger partial charge on any atom is 0.267 e. The fourth-order valence-electron chi connectivity index (χ4n) is 3.43. The third kappa shape index (κ3) is 3.90. The van der Waals surface area contributed by atoms with Gasteiger partial charge in [-0.05, 0) is 25.1 Å². The van der Waals surface area contributed by atoms with E-state index < -0.39 is 0 Å². The van der Waals surface area contributed by atoms with E-state index in [1.54, 1.807) is 12.3 Å². The van der Waals surface area contributed by atoms with Gasteiger partial charge >= 0.3 is 0 Å². The Kier molecular flexibility index (Phi) is 5.36. The van der Waals surface area contributed by atoms with Crippen molar-refractivity contribution in [2.75, 3.05) is 37.8 Å². The largest absolute Gasteiger partial charge is 0.376 e. The SMILES string of the molecule is CCNC(=O)Cn1nc(-c2ccc(N3CC4COCC3CO4)nc2)ccc1=O. The second-order valence-electron chi connectivity index (χ2n) is 6.87. The van der Waals surface area contributed by atoms with Crippen LogP contribution in [0.3, 0.4) is 0 Å². The van der Waals surface area contributed by atoms with E-state index in [2.05, 4.69) is 20.3 Å². The van der Waals surface area contributed by atoms with Crippen LogP contribution in [0.4, 0.5) is 5.82 Å². The van der Waals surface area contributed by atoms with Crippen LogP contribution in [0, 0.1) is 0 Å². The average Bonchev–Trinajstić information content (AvgIpc) is 3.06. The highest BCUT2D eigenvalue weighted by Gasteiger charge is 2.33. The second-order valence-corrected chi connectivity index (χ2v) is 6.87. The Morgan fingerprint density at radius 1 is 1.25 bits per heavy atom. The lowest BCUT2D eigenvalue weighted by molar-refractivity contribution is -0.121. The summed E-state index contributed by atoms with van der Waals surface area (Å²) in [6.07, 6.45) is 1.80. The summed E-state index contributed by atoms with van der Waals surface area (Å²) in [5, 5.41) is 6.98. The van der Waals surface area contributed by atoms with E-state index in [-0.39, 0.29) is 30.2 Å². The minimum Gasteiger partial charge on any atom is -0.376 e. The van der Waals surface area contributed by atoms with Gasteiger partial charge in [-0.25, -0.2) is 9.67 Å². The summed E-state index contributed by atoms with van der Waals surface area (Å²) < 4.78 is 12.5. The maximum atomic E-state index is 12.0. The Morgan fingerprint density at radius 2 is 2.14 bits per heavy atom. The molecule has 9 heteroatoms. The smallest absolute Gasteiger partial charge is 0.267 e. The molecule has 2 unspecified atom stereocenters.